The fourth-order valence-corrected chi connectivity index (χ4v) is 2.08. The van der Waals surface area contributed by atoms with E-state index in [-0.39, 0.29) is 0 Å². The van der Waals surface area contributed by atoms with Crippen LogP contribution in [0.25, 0.3) is 10.8 Å². The molecule has 2 aromatic rings. The number of benzene rings is 2. The molecule has 0 aliphatic rings. The summed E-state index contributed by atoms with van der Waals surface area (Å²) in [4.78, 5) is 1.06. The summed E-state index contributed by atoms with van der Waals surface area (Å²) in [5.74, 6) is 0.564. The zero-order valence-corrected chi connectivity index (χ0v) is 9.38. The molecule has 0 fully saturated rings. The third kappa shape index (κ3) is 1.53. The Morgan fingerprint density at radius 3 is 2.21 bits per heavy atom. The Hall–Kier alpha value is -0.950. The van der Waals surface area contributed by atoms with Crippen molar-refractivity contribution in [3.05, 3.63) is 42.0 Å². The quantitative estimate of drug-likeness (QED) is 0.657. The summed E-state index contributed by atoms with van der Waals surface area (Å²) in [6.45, 7) is 4.44. The highest BCUT2D eigenvalue weighted by molar-refractivity contribution is 7.80. The van der Waals surface area contributed by atoms with Crippen molar-refractivity contribution in [2.45, 2.75) is 24.7 Å². The van der Waals surface area contributed by atoms with Crippen molar-refractivity contribution in [2.75, 3.05) is 0 Å². The number of rotatable bonds is 1. The van der Waals surface area contributed by atoms with E-state index >= 15 is 0 Å². The van der Waals surface area contributed by atoms with Crippen LogP contribution >= 0.6 is 12.6 Å². The van der Waals surface area contributed by atoms with Crippen LogP contribution in [0.4, 0.5) is 0 Å². The molecule has 1 heteroatoms. The summed E-state index contributed by atoms with van der Waals surface area (Å²) in [5.41, 5.74) is 1.40. The summed E-state index contributed by atoms with van der Waals surface area (Å²) < 4.78 is 0. The van der Waals surface area contributed by atoms with Crippen LogP contribution in [-0.4, -0.2) is 0 Å². The van der Waals surface area contributed by atoms with Gasteiger partial charge < -0.3 is 0 Å². The van der Waals surface area contributed by atoms with Gasteiger partial charge in [0.1, 0.15) is 0 Å². The normalized spacial score (nSPS) is 11.1. The van der Waals surface area contributed by atoms with Crippen LogP contribution < -0.4 is 0 Å². The van der Waals surface area contributed by atoms with E-state index in [1.54, 1.807) is 0 Å². The number of hydrogen-bond donors (Lipinski definition) is 1. The zero-order valence-electron chi connectivity index (χ0n) is 8.49. The van der Waals surface area contributed by atoms with Gasteiger partial charge in [0.15, 0.2) is 0 Å². The van der Waals surface area contributed by atoms with Gasteiger partial charge in [-0.25, -0.2) is 0 Å². The van der Waals surface area contributed by atoms with Gasteiger partial charge >= 0.3 is 0 Å². The van der Waals surface area contributed by atoms with E-state index in [9.17, 15) is 0 Å². The minimum absolute atomic E-state index is 0.564. The Morgan fingerprint density at radius 2 is 1.57 bits per heavy atom. The van der Waals surface area contributed by atoms with E-state index in [0.717, 1.165) is 4.90 Å². The third-order valence-corrected chi connectivity index (χ3v) is 2.95. The van der Waals surface area contributed by atoms with E-state index in [4.69, 9.17) is 0 Å². The Labute approximate surface area is 90.4 Å². The average molecular weight is 202 g/mol. The van der Waals surface area contributed by atoms with Gasteiger partial charge in [0.2, 0.25) is 0 Å². The van der Waals surface area contributed by atoms with Crippen LogP contribution in [0.15, 0.2) is 41.3 Å². The minimum atomic E-state index is 0.564. The molecule has 0 unspecified atom stereocenters. The molecule has 0 saturated carbocycles. The van der Waals surface area contributed by atoms with Crippen molar-refractivity contribution >= 4 is 23.4 Å². The molecule has 72 valence electrons. The maximum atomic E-state index is 4.47. The molecule has 0 aliphatic heterocycles. The Morgan fingerprint density at radius 1 is 0.929 bits per heavy atom. The summed E-state index contributed by atoms with van der Waals surface area (Å²) in [7, 11) is 0. The van der Waals surface area contributed by atoms with Gasteiger partial charge in [0.25, 0.3) is 0 Å². The highest BCUT2D eigenvalue weighted by Crippen LogP contribution is 2.29. The van der Waals surface area contributed by atoms with Crippen molar-refractivity contribution in [3.63, 3.8) is 0 Å². The van der Waals surface area contributed by atoms with Crippen molar-refractivity contribution in [1.82, 2.24) is 0 Å². The van der Waals surface area contributed by atoms with E-state index in [1.165, 1.54) is 16.3 Å². The lowest BCUT2D eigenvalue weighted by Crippen LogP contribution is -1.89. The minimum Gasteiger partial charge on any atom is -0.143 e. The van der Waals surface area contributed by atoms with Gasteiger partial charge in [-0.1, -0.05) is 44.2 Å². The molecule has 0 bridgehead atoms. The van der Waals surface area contributed by atoms with E-state index < -0.39 is 0 Å². The summed E-state index contributed by atoms with van der Waals surface area (Å²) in [6.07, 6.45) is 0. The lowest BCUT2D eigenvalue weighted by Gasteiger charge is -2.11. The van der Waals surface area contributed by atoms with Gasteiger partial charge in [0.05, 0.1) is 0 Å². The first-order valence-corrected chi connectivity index (χ1v) is 5.35. The molecule has 0 aliphatic carbocycles. The third-order valence-electron chi connectivity index (χ3n) is 2.56. The molecule has 0 amide bonds. The first-order valence-electron chi connectivity index (χ1n) is 4.91. The number of fused-ring (bicyclic) bond motifs is 1. The molecule has 2 aromatic carbocycles. The van der Waals surface area contributed by atoms with Crippen molar-refractivity contribution in [3.8, 4) is 0 Å². The van der Waals surface area contributed by atoms with Gasteiger partial charge in [-0.05, 0) is 28.3 Å². The monoisotopic (exact) mass is 202 g/mol. The van der Waals surface area contributed by atoms with Gasteiger partial charge in [-0.2, -0.15) is 0 Å². The SMILES string of the molecule is CC(C)c1ccc(S)c2ccccc12. The predicted molar refractivity (Wildman–Crippen MR) is 65.3 cm³/mol. The topological polar surface area (TPSA) is 0 Å². The van der Waals surface area contributed by atoms with Crippen molar-refractivity contribution in [2.24, 2.45) is 0 Å². The van der Waals surface area contributed by atoms with Crippen LogP contribution in [0, 0.1) is 0 Å². The van der Waals surface area contributed by atoms with Gasteiger partial charge in [-0.3, -0.25) is 0 Å². The molecule has 0 saturated heterocycles. The average Bonchev–Trinajstić information content (AvgIpc) is 2.18. The molecule has 0 heterocycles. The van der Waals surface area contributed by atoms with E-state index in [0.29, 0.717) is 5.92 Å². The summed E-state index contributed by atoms with van der Waals surface area (Å²) in [6, 6.07) is 12.7. The number of hydrogen-bond acceptors (Lipinski definition) is 1. The maximum absolute atomic E-state index is 4.47. The largest absolute Gasteiger partial charge is 0.143 e. The van der Waals surface area contributed by atoms with Gasteiger partial charge in [-0.15, -0.1) is 12.6 Å². The van der Waals surface area contributed by atoms with Crippen molar-refractivity contribution < 1.29 is 0 Å². The fraction of sp³-hybridized carbons (Fsp3) is 0.231. The molecule has 0 nitrogen and oxygen atoms in total. The zero-order chi connectivity index (χ0) is 10.1. The van der Waals surface area contributed by atoms with Gasteiger partial charge in [0, 0.05) is 4.90 Å². The van der Waals surface area contributed by atoms with Crippen LogP contribution in [0.5, 0.6) is 0 Å². The second-order valence-electron chi connectivity index (χ2n) is 3.87. The van der Waals surface area contributed by atoms with Crippen LogP contribution in [0.3, 0.4) is 0 Å². The Balaban J connectivity index is 2.82. The molecule has 0 N–H and O–H groups in total. The molecule has 14 heavy (non-hydrogen) atoms. The number of thiol groups is 1. The molecule has 2 rings (SSSR count). The highest BCUT2D eigenvalue weighted by Gasteiger charge is 2.05. The second-order valence-corrected chi connectivity index (χ2v) is 4.36. The summed E-state index contributed by atoms with van der Waals surface area (Å²) >= 11 is 4.47. The van der Waals surface area contributed by atoms with E-state index in [2.05, 4.69) is 62.9 Å². The molecule has 0 atom stereocenters. The predicted octanol–water partition coefficient (Wildman–Crippen LogP) is 4.25. The maximum Gasteiger partial charge on any atom is 0.0119 e. The van der Waals surface area contributed by atoms with Crippen molar-refractivity contribution in [1.29, 1.82) is 0 Å². The van der Waals surface area contributed by atoms with E-state index in [1.807, 2.05) is 0 Å². The first-order chi connectivity index (χ1) is 6.70. The smallest absolute Gasteiger partial charge is 0.0119 e. The summed E-state index contributed by atoms with van der Waals surface area (Å²) in [5, 5.41) is 2.58. The van der Waals surface area contributed by atoms with Crippen LogP contribution in [0.1, 0.15) is 25.3 Å². The highest BCUT2D eigenvalue weighted by atomic mass is 32.1. The van der Waals surface area contributed by atoms with Crippen LogP contribution in [0.2, 0.25) is 0 Å². The second kappa shape index (κ2) is 3.66. The van der Waals surface area contributed by atoms with Crippen LogP contribution in [-0.2, 0) is 0 Å². The molecule has 0 radical (unpaired) electrons. The Kier molecular flexibility index (Phi) is 2.51. The lowest BCUT2D eigenvalue weighted by molar-refractivity contribution is 0.875. The molecule has 0 spiro atoms. The lowest BCUT2D eigenvalue weighted by atomic mass is 9.96. The molecule has 0 aromatic heterocycles. The first kappa shape index (κ1) is 9.60. The Bertz CT molecular complexity index is 458. The standard InChI is InChI=1S/C13H14S/c1-9(2)10-7-8-13(14)12-6-4-3-5-11(10)12/h3-9,14H,1-2H3. The molecular formula is C13H14S. The fourth-order valence-electron chi connectivity index (χ4n) is 1.81. The molecular weight excluding hydrogens is 188 g/mol.